The molecule has 62 valence electrons. The average Bonchev–Trinajstić information content (AvgIpc) is 2.16. The molecule has 1 unspecified atom stereocenters. The number of rotatable bonds is 3. The van der Waals surface area contributed by atoms with Crippen LogP contribution in [0.25, 0.3) is 0 Å². The van der Waals surface area contributed by atoms with Gasteiger partial charge in [0.1, 0.15) is 12.6 Å². The van der Waals surface area contributed by atoms with Gasteiger partial charge in [0.05, 0.1) is 0 Å². The molecule has 12 heavy (non-hydrogen) atoms. The molecule has 0 spiro atoms. The first-order valence-electron chi connectivity index (χ1n) is 3.79. The van der Waals surface area contributed by atoms with Crippen molar-refractivity contribution in [3.63, 3.8) is 0 Å². The molecule has 0 heterocycles. The maximum Gasteiger partial charge on any atom is 0.150 e. The SMILES string of the molecule is CC(C=O)c1ccccc1C=O. The monoisotopic (exact) mass is 162 g/mol. The largest absolute Gasteiger partial charge is 0.303 e. The first-order chi connectivity index (χ1) is 5.79. The molecule has 0 aliphatic heterocycles. The number of benzene rings is 1. The normalized spacial score (nSPS) is 12.1. The Bertz CT molecular complexity index is 292. The van der Waals surface area contributed by atoms with E-state index >= 15 is 0 Å². The van der Waals surface area contributed by atoms with Gasteiger partial charge in [-0.3, -0.25) is 4.79 Å². The zero-order valence-electron chi connectivity index (χ0n) is 6.86. The minimum absolute atomic E-state index is 0.202. The lowest BCUT2D eigenvalue weighted by Crippen LogP contribution is -1.98. The van der Waals surface area contributed by atoms with E-state index in [4.69, 9.17) is 0 Å². The molecule has 0 aliphatic carbocycles. The predicted molar refractivity (Wildman–Crippen MR) is 46.3 cm³/mol. The van der Waals surface area contributed by atoms with Gasteiger partial charge in [-0.05, 0) is 5.56 Å². The Hall–Kier alpha value is -1.44. The fraction of sp³-hybridized carbons (Fsp3) is 0.200. The zero-order valence-corrected chi connectivity index (χ0v) is 6.86. The van der Waals surface area contributed by atoms with Gasteiger partial charge in [-0.1, -0.05) is 31.2 Å². The number of hydrogen-bond acceptors (Lipinski definition) is 2. The van der Waals surface area contributed by atoms with E-state index in [1.165, 1.54) is 0 Å². The van der Waals surface area contributed by atoms with Crippen LogP contribution in [0.1, 0.15) is 28.8 Å². The standard InChI is InChI=1S/C10H10O2/c1-8(6-11)10-5-3-2-4-9(10)7-12/h2-8H,1H3. The maximum absolute atomic E-state index is 10.5. The highest BCUT2D eigenvalue weighted by molar-refractivity contribution is 5.80. The van der Waals surface area contributed by atoms with Crippen molar-refractivity contribution in [1.29, 1.82) is 0 Å². The molecule has 2 nitrogen and oxygen atoms in total. The zero-order chi connectivity index (χ0) is 8.97. The van der Waals surface area contributed by atoms with Crippen molar-refractivity contribution in [2.75, 3.05) is 0 Å². The summed E-state index contributed by atoms with van der Waals surface area (Å²) in [6, 6.07) is 7.11. The second-order valence-corrected chi connectivity index (χ2v) is 2.67. The van der Waals surface area contributed by atoms with E-state index in [0.29, 0.717) is 5.56 Å². The molecule has 1 rings (SSSR count). The van der Waals surface area contributed by atoms with Gasteiger partial charge < -0.3 is 4.79 Å². The highest BCUT2D eigenvalue weighted by atomic mass is 16.1. The number of aldehydes is 2. The molecule has 0 saturated heterocycles. The lowest BCUT2D eigenvalue weighted by Gasteiger charge is -2.05. The molecule has 0 N–H and O–H groups in total. The maximum atomic E-state index is 10.5. The van der Waals surface area contributed by atoms with Crippen LogP contribution in [0, 0.1) is 0 Å². The summed E-state index contributed by atoms with van der Waals surface area (Å²) in [4.78, 5) is 21.0. The van der Waals surface area contributed by atoms with E-state index < -0.39 is 0 Å². The first kappa shape index (κ1) is 8.65. The second kappa shape index (κ2) is 3.81. The fourth-order valence-electron chi connectivity index (χ4n) is 1.11. The van der Waals surface area contributed by atoms with Crippen LogP contribution in [-0.4, -0.2) is 12.6 Å². The van der Waals surface area contributed by atoms with Gasteiger partial charge in [0.15, 0.2) is 0 Å². The Morgan fingerprint density at radius 1 is 1.25 bits per heavy atom. The summed E-state index contributed by atoms with van der Waals surface area (Å²) in [7, 11) is 0. The van der Waals surface area contributed by atoms with Crippen molar-refractivity contribution in [1.82, 2.24) is 0 Å². The van der Waals surface area contributed by atoms with Crippen molar-refractivity contribution < 1.29 is 9.59 Å². The van der Waals surface area contributed by atoms with E-state index in [9.17, 15) is 9.59 Å². The molecule has 0 aliphatic rings. The van der Waals surface area contributed by atoms with Gasteiger partial charge in [-0.25, -0.2) is 0 Å². The van der Waals surface area contributed by atoms with Gasteiger partial charge in [0.2, 0.25) is 0 Å². The third kappa shape index (κ3) is 1.59. The molecule has 0 amide bonds. The molecule has 2 heteroatoms. The van der Waals surface area contributed by atoms with Crippen LogP contribution in [0.2, 0.25) is 0 Å². The molecule has 0 saturated carbocycles. The van der Waals surface area contributed by atoms with Crippen LogP contribution in [0.15, 0.2) is 24.3 Å². The van der Waals surface area contributed by atoms with Gasteiger partial charge in [-0.15, -0.1) is 0 Å². The summed E-state index contributed by atoms with van der Waals surface area (Å²) in [5, 5.41) is 0. The molecule has 0 bridgehead atoms. The lowest BCUT2D eigenvalue weighted by atomic mass is 9.98. The van der Waals surface area contributed by atoms with Crippen molar-refractivity contribution in [2.45, 2.75) is 12.8 Å². The highest BCUT2D eigenvalue weighted by Gasteiger charge is 2.07. The Morgan fingerprint density at radius 3 is 2.50 bits per heavy atom. The van der Waals surface area contributed by atoms with E-state index in [1.807, 2.05) is 6.07 Å². The van der Waals surface area contributed by atoms with Gasteiger partial charge >= 0.3 is 0 Å². The molecular weight excluding hydrogens is 152 g/mol. The van der Waals surface area contributed by atoms with Crippen molar-refractivity contribution in [3.8, 4) is 0 Å². The van der Waals surface area contributed by atoms with Crippen molar-refractivity contribution in [3.05, 3.63) is 35.4 Å². The second-order valence-electron chi connectivity index (χ2n) is 2.67. The van der Waals surface area contributed by atoms with E-state index in [2.05, 4.69) is 0 Å². The van der Waals surface area contributed by atoms with Gasteiger partial charge in [0, 0.05) is 11.5 Å². The highest BCUT2D eigenvalue weighted by Crippen LogP contribution is 2.15. The Kier molecular flexibility index (Phi) is 2.75. The average molecular weight is 162 g/mol. The smallest absolute Gasteiger partial charge is 0.150 e. The molecule has 1 aromatic rings. The van der Waals surface area contributed by atoms with Crippen molar-refractivity contribution >= 4 is 12.6 Å². The van der Waals surface area contributed by atoms with Crippen LogP contribution >= 0.6 is 0 Å². The third-order valence-electron chi connectivity index (χ3n) is 1.82. The minimum Gasteiger partial charge on any atom is -0.303 e. The van der Waals surface area contributed by atoms with Crippen LogP contribution in [0.4, 0.5) is 0 Å². The van der Waals surface area contributed by atoms with Crippen molar-refractivity contribution in [2.24, 2.45) is 0 Å². The summed E-state index contributed by atoms with van der Waals surface area (Å²) >= 11 is 0. The summed E-state index contributed by atoms with van der Waals surface area (Å²) in [5.74, 6) is -0.202. The van der Waals surface area contributed by atoms with Gasteiger partial charge in [-0.2, -0.15) is 0 Å². The minimum atomic E-state index is -0.202. The van der Waals surface area contributed by atoms with Gasteiger partial charge in [0.25, 0.3) is 0 Å². The van der Waals surface area contributed by atoms with Crippen LogP contribution in [-0.2, 0) is 4.79 Å². The van der Waals surface area contributed by atoms with Crippen LogP contribution < -0.4 is 0 Å². The number of carbonyl (C=O) groups excluding carboxylic acids is 2. The number of carbonyl (C=O) groups is 2. The van der Waals surface area contributed by atoms with E-state index in [-0.39, 0.29) is 5.92 Å². The topological polar surface area (TPSA) is 34.1 Å². The summed E-state index contributed by atoms with van der Waals surface area (Å²) in [6.45, 7) is 1.77. The Morgan fingerprint density at radius 2 is 1.92 bits per heavy atom. The molecule has 0 radical (unpaired) electrons. The van der Waals surface area contributed by atoms with Crippen LogP contribution in [0.3, 0.4) is 0 Å². The number of hydrogen-bond donors (Lipinski definition) is 0. The molecule has 0 fully saturated rings. The summed E-state index contributed by atoms with van der Waals surface area (Å²) in [5.41, 5.74) is 1.39. The molecular formula is C10H10O2. The third-order valence-corrected chi connectivity index (χ3v) is 1.82. The molecule has 1 atom stereocenters. The fourth-order valence-corrected chi connectivity index (χ4v) is 1.11. The van der Waals surface area contributed by atoms with E-state index in [0.717, 1.165) is 18.1 Å². The Balaban J connectivity index is 3.12. The van der Waals surface area contributed by atoms with E-state index in [1.54, 1.807) is 25.1 Å². The lowest BCUT2D eigenvalue weighted by molar-refractivity contribution is -0.108. The Labute approximate surface area is 71.2 Å². The summed E-state index contributed by atoms with van der Waals surface area (Å²) in [6.07, 6.45) is 1.61. The molecule has 0 aromatic heterocycles. The quantitative estimate of drug-likeness (QED) is 0.635. The first-order valence-corrected chi connectivity index (χ1v) is 3.79. The summed E-state index contributed by atoms with van der Waals surface area (Å²) < 4.78 is 0. The predicted octanol–water partition coefficient (Wildman–Crippen LogP) is 1.80. The molecule has 1 aromatic carbocycles. The van der Waals surface area contributed by atoms with Crippen LogP contribution in [0.5, 0.6) is 0 Å².